The summed E-state index contributed by atoms with van der Waals surface area (Å²) in [5.74, 6) is -0.0319. The molecule has 6 heteroatoms. The number of hydrogen-bond acceptors (Lipinski definition) is 2. The standard InChI is InChI=1S/C16H18F2N4/c1-19-16(22-11-15-14(18)3-2-9-20-15)21-10-8-12-4-6-13(17)7-5-12/h2-7,9H,8,10-11H2,1H3,(H2,19,21,22). The monoisotopic (exact) mass is 304 g/mol. The Labute approximate surface area is 128 Å². The van der Waals surface area contributed by atoms with Crippen LogP contribution in [0.25, 0.3) is 0 Å². The molecule has 4 nitrogen and oxygen atoms in total. The topological polar surface area (TPSA) is 49.3 Å². The van der Waals surface area contributed by atoms with Crippen molar-refractivity contribution in [1.29, 1.82) is 0 Å². The molecule has 0 atom stereocenters. The molecule has 1 aromatic heterocycles. The molecule has 0 radical (unpaired) electrons. The number of halogens is 2. The molecule has 2 rings (SSSR count). The summed E-state index contributed by atoms with van der Waals surface area (Å²) < 4.78 is 26.3. The number of benzene rings is 1. The van der Waals surface area contributed by atoms with Crippen LogP contribution < -0.4 is 10.6 Å². The highest BCUT2D eigenvalue weighted by Gasteiger charge is 2.04. The lowest BCUT2D eigenvalue weighted by Gasteiger charge is -2.12. The molecule has 0 saturated heterocycles. The number of nitrogens with zero attached hydrogens (tertiary/aromatic N) is 2. The van der Waals surface area contributed by atoms with Gasteiger partial charge in [-0.1, -0.05) is 12.1 Å². The van der Waals surface area contributed by atoms with Crippen LogP contribution in [0.15, 0.2) is 47.6 Å². The van der Waals surface area contributed by atoms with Crippen molar-refractivity contribution in [2.24, 2.45) is 4.99 Å². The van der Waals surface area contributed by atoms with E-state index < -0.39 is 0 Å². The zero-order valence-corrected chi connectivity index (χ0v) is 12.3. The summed E-state index contributed by atoms with van der Waals surface area (Å²) in [5.41, 5.74) is 1.36. The fourth-order valence-corrected chi connectivity index (χ4v) is 1.91. The van der Waals surface area contributed by atoms with Crippen molar-refractivity contribution in [3.8, 4) is 0 Å². The van der Waals surface area contributed by atoms with Gasteiger partial charge in [0.05, 0.1) is 12.2 Å². The van der Waals surface area contributed by atoms with Crippen LogP contribution in [0.4, 0.5) is 8.78 Å². The Morgan fingerprint density at radius 1 is 1.14 bits per heavy atom. The summed E-state index contributed by atoms with van der Waals surface area (Å²) in [6, 6.07) is 9.29. The molecule has 0 fully saturated rings. The van der Waals surface area contributed by atoms with Crippen LogP contribution in [0, 0.1) is 11.6 Å². The third-order valence-electron chi connectivity index (χ3n) is 3.10. The number of aromatic nitrogens is 1. The van der Waals surface area contributed by atoms with Crippen molar-refractivity contribution < 1.29 is 8.78 Å². The SMILES string of the molecule is CN=C(NCCc1ccc(F)cc1)NCc1ncccc1F. The first-order valence-electron chi connectivity index (χ1n) is 6.97. The zero-order chi connectivity index (χ0) is 15.8. The van der Waals surface area contributed by atoms with Gasteiger partial charge < -0.3 is 10.6 Å². The molecule has 0 aliphatic rings. The number of pyridine rings is 1. The molecule has 2 N–H and O–H groups in total. The van der Waals surface area contributed by atoms with E-state index in [9.17, 15) is 8.78 Å². The van der Waals surface area contributed by atoms with Crippen LogP contribution in [0.1, 0.15) is 11.3 Å². The lowest BCUT2D eigenvalue weighted by Crippen LogP contribution is -2.38. The number of nitrogens with one attached hydrogen (secondary N) is 2. The molecule has 22 heavy (non-hydrogen) atoms. The molecule has 0 spiro atoms. The van der Waals surface area contributed by atoms with Gasteiger partial charge in [-0.05, 0) is 36.2 Å². The van der Waals surface area contributed by atoms with Gasteiger partial charge in [-0.2, -0.15) is 0 Å². The highest BCUT2D eigenvalue weighted by Crippen LogP contribution is 2.03. The largest absolute Gasteiger partial charge is 0.356 e. The fraction of sp³-hybridized carbons (Fsp3) is 0.250. The molecule has 0 unspecified atom stereocenters. The van der Waals surface area contributed by atoms with Gasteiger partial charge in [0.25, 0.3) is 0 Å². The van der Waals surface area contributed by atoms with Crippen LogP contribution >= 0.6 is 0 Å². The highest BCUT2D eigenvalue weighted by molar-refractivity contribution is 5.79. The maximum absolute atomic E-state index is 13.5. The van der Waals surface area contributed by atoms with Gasteiger partial charge in [-0.3, -0.25) is 9.98 Å². The van der Waals surface area contributed by atoms with Crippen molar-refractivity contribution in [2.45, 2.75) is 13.0 Å². The van der Waals surface area contributed by atoms with Gasteiger partial charge in [0.15, 0.2) is 5.96 Å². The van der Waals surface area contributed by atoms with E-state index in [1.165, 1.54) is 18.2 Å². The first-order valence-corrected chi connectivity index (χ1v) is 6.97. The summed E-state index contributed by atoms with van der Waals surface area (Å²) in [5, 5.41) is 6.12. The average Bonchev–Trinajstić information content (AvgIpc) is 2.54. The van der Waals surface area contributed by atoms with E-state index in [-0.39, 0.29) is 18.2 Å². The summed E-state index contributed by atoms with van der Waals surface area (Å²) in [7, 11) is 1.64. The minimum atomic E-state index is -0.350. The Hall–Kier alpha value is -2.50. The minimum absolute atomic E-state index is 0.244. The van der Waals surface area contributed by atoms with E-state index in [0.717, 1.165) is 12.0 Å². The summed E-state index contributed by atoms with van der Waals surface area (Å²) in [6.07, 6.45) is 2.28. The van der Waals surface area contributed by atoms with Gasteiger partial charge in [0, 0.05) is 19.8 Å². The van der Waals surface area contributed by atoms with E-state index in [1.54, 1.807) is 31.4 Å². The van der Waals surface area contributed by atoms with Gasteiger partial charge in [-0.15, -0.1) is 0 Å². The molecule has 1 heterocycles. The Morgan fingerprint density at radius 2 is 1.91 bits per heavy atom. The molecule has 1 aromatic carbocycles. The van der Waals surface area contributed by atoms with Crippen LogP contribution in [-0.2, 0) is 13.0 Å². The molecule has 0 bridgehead atoms. The molecule has 116 valence electrons. The Bertz CT molecular complexity index is 626. The van der Waals surface area contributed by atoms with Gasteiger partial charge in [0.2, 0.25) is 0 Å². The van der Waals surface area contributed by atoms with Crippen molar-refractivity contribution >= 4 is 5.96 Å². The van der Waals surface area contributed by atoms with Crippen molar-refractivity contribution in [3.05, 3.63) is 65.5 Å². The molecule has 0 aliphatic carbocycles. The van der Waals surface area contributed by atoms with Crippen molar-refractivity contribution in [2.75, 3.05) is 13.6 Å². The minimum Gasteiger partial charge on any atom is -0.356 e. The predicted octanol–water partition coefficient (Wildman–Crippen LogP) is 2.27. The number of rotatable bonds is 5. The lowest BCUT2D eigenvalue weighted by atomic mass is 10.1. The van der Waals surface area contributed by atoms with E-state index in [4.69, 9.17) is 0 Å². The molecule has 2 aromatic rings. The van der Waals surface area contributed by atoms with Gasteiger partial charge in [0.1, 0.15) is 11.6 Å². The zero-order valence-electron chi connectivity index (χ0n) is 12.3. The second-order valence-corrected chi connectivity index (χ2v) is 4.66. The Kier molecular flexibility index (Phi) is 5.82. The second kappa shape index (κ2) is 8.07. The molecule has 0 amide bonds. The van der Waals surface area contributed by atoms with Crippen LogP contribution in [0.5, 0.6) is 0 Å². The van der Waals surface area contributed by atoms with Crippen LogP contribution in [0.2, 0.25) is 0 Å². The number of aliphatic imine (C=N–C) groups is 1. The maximum atomic E-state index is 13.5. The Balaban J connectivity index is 1.78. The van der Waals surface area contributed by atoms with Crippen molar-refractivity contribution in [3.63, 3.8) is 0 Å². The lowest BCUT2D eigenvalue weighted by molar-refractivity contribution is 0.592. The molecular weight excluding hydrogens is 286 g/mol. The molecule has 0 saturated carbocycles. The third-order valence-corrected chi connectivity index (χ3v) is 3.10. The van der Waals surface area contributed by atoms with Crippen LogP contribution in [0.3, 0.4) is 0 Å². The maximum Gasteiger partial charge on any atom is 0.191 e. The smallest absolute Gasteiger partial charge is 0.191 e. The molecule has 0 aliphatic heterocycles. The first-order chi connectivity index (χ1) is 10.7. The second-order valence-electron chi connectivity index (χ2n) is 4.66. The number of guanidine groups is 1. The van der Waals surface area contributed by atoms with E-state index >= 15 is 0 Å². The average molecular weight is 304 g/mol. The summed E-state index contributed by atoms with van der Waals surface area (Å²) >= 11 is 0. The van der Waals surface area contributed by atoms with E-state index in [0.29, 0.717) is 18.2 Å². The van der Waals surface area contributed by atoms with Crippen molar-refractivity contribution in [1.82, 2.24) is 15.6 Å². The summed E-state index contributed by atoms with van der Waals surface area (Å²) in [4.78, 5) is 8.03. The number of hydrogen-bond donors (Lipinski definition) is 2. The first kappa shape index (κ1) is 15.9. The molecular formula is C16H18F2N4. The van der Waals surface area contributed by atoms with Gasteiger partial charge >= 0.3 is 0 Å². The van der Waals surface area contributed by atoms with Gasteiger partial charge in [-0.25, -0.2) is 8.78 Å². The normalized spacial score (nSPS) is 11.3. The Morgan fingerprint density at radius 3 is 2.59 bits per heavy atom. The fourth-order valence-electron chi connectivity index (χ4n) is 1.91. The predicted molar refractivity (Wildman–Crippen MR) is 82.5 cm³/mol. The van der Waals surface area contributed by atoms with Crippen LogP contribution in [-0.4, -0.2) is 24.5 Å². The quantitative estimate of drug-likeness (QED) is 0.658. The summed E-state index contributed by atoms with van der Waals surface area (Å²) in [6.45, 7) is 0.888. The highest BCUT2D eigenvalue weighted by atomic mass is 19.1. The third kappa shape index (κ3) is 4.80. The van der Waals surface area contributed by atoms with E-state index in [1.807, 2.05) is 0 Å². The van der Waals surface area contributed by atoms with E-state index in [2.05, 4.69) is 20.6 Å².